The lowest BCUT2D eigenvalue weighted by Gasteiger charge is -2.38. The molecule has 1 amide bonds. The number of hydrogen-bond acceptors (Lipinski definition) is 7. The number of nitrogens with zero attached hydrogens (tertiary/aromatic N) is 4. The number of rotatable bonds is 6. The van der Waals surface area contributed by atoms with Crippen LogP contribution in [-0.4, -0.2) is 52.7 Å². The highest BCUT2D eigenvalue weighted by atomic mass is 16.5. The van der Waals surface area contributed by atoms with Crippen LogP contribution in [0.3, 0.4) is 0 Å². The molecular formula is C30H33N5O3. The van der Waals surface area contributed by atoms with E-state index in [-0.39, 0.29) is 11.4 Å². The van der Waals surface area contributed by atoms with E-state index in [1.807, 2.05) is 76.2 Å². The van der Waals surface area contributed by atoms with Crippen molar-refractivity contribution in [2.75, 3.05) is 31.3 Å². The van der Waals surface area contributed by atoms with Crippen LogP contribution in [0, 0.1) is 6.92 Å². The topological polar surface area (TPSA) is 79.8 Å². The zero-order valence-corrected chi connectivity index (χ0v) is 22.3. The Labute approximate surface area is 223 Å². The predicted molar refractivity (Wildman–Crippen MR) is 149 cm³/mol. The Morgan fingerprint density at radius 2 is 1.79 bits per heavy atom. The van der Waals surface area contributed by atoms with Crippen LogP contribution in [-0.2, 0) is 4.74 Å². The number of carbonyl (C=O) groups is 1. The molecule has 1 N–H and O–H groups in total. The Morgan fingerprint density at radius 1 is 1.00 bits per heavy atom. The molecule has 1 fully saturated rings. The maximum atomic E-state index is 12.6. The zero-order chi connectivity index (χ0) is 26.7. The minimum absolute atomic E-state index is 0.131. The van der Waals surface area contributed by atoms with E-state index < -0.39 is 0 Å². The summed E-state index contributed by atoms with van der Waals surface area (Å²) >= 11 is 0. The fourth-order valence-electron chi connectivity index (χ4n) is 4.45. The van der Waals surface area contributed by atoms with Crippen LogP contribution in [0.4, 0.5) is 11.5 Å². The Balaban J connectivity index is 1.46. The molecule has 196 valence electrons. The number of anilines is 2. The summed E-state index contributed by atoms with van der Waals surface area (Å²) in [7, 11) is 0. The zero-order valence-electron chi connectivity index (χ0n) is 22.3. The van der Waals surface area contributed by atoms with Crippen LogP contribution in [0.5, 0.6) is 11.5 Å². The Bertz CT molecular complexity index is 1440. The maximum Gasteiger partial charge on any atom is 0.251 e. The smallest absolute Gasteiger partial charge is 0.251 e. The van der Waals surface area contributed by atoms with Gasteiger partial charge in [0.1, 0.15) is 17.8 Å². The van der Waals surface area contributed by atoms with Crippen molar-refractivity contribution in [3.05, 3.63) is 84.2 Å². The van der Waals surface area contributed by atoms with Gasteiger partial charge in [-0.05, 0) is 81.8 Å². The molecule has 1 aliphatic rings. The first-order valence-electron chi connectivity index (χ1n) is 12.8. The minimum Gasteiger partial charge on any atom is -0.457 e. The average molecular weight is 512 g/mol. The fourth-order valence-corrected chi connectivity index (χ4v) is 4.45. The Morgan fingerprint density at radius 3 is 2.55 bits per heavy atom. The average Bonchev–Trinajstić information content (AvgIpc) is 2.90. The van der Waals surface area contributed by atoms with Gasteiger partial charge in [-0.3, -0.25) is 9.80 Å². The number of benzene rings is 3. The molecule has 38 heavy (non-hydrogen) atoms. The second-order valence-electron chi connectivity index (χ2n) is 10.4. The molecule has 5 rings (SSSR count). The third-order valence-corrected chi connectivity index (χ3v) is 6.21. The number of carbonyl (C=O) groups excluding carboxylic acids is 1. The number of nitrogens with one attached hydrogen (secondary N) is 1. The number of hydrogen-bond donors (Lipinski definition) is 1. The molecule has 8 heteroatoms. The highest BCUT2D eigenvalue weighted by Gasteiger charge is 2.24. The molecule has 3 aromatic carbocycles. The van der Waals surface area contributed by atoms with E-state index in [0.29, 0.717) is 24.5 Å². The molecule has 2 heterocycles. The summed E-state index contributed by atoms with van der Waals surface area (Å²) in [4.78, 5) is 21.8. The van der Waals surface area contributed by atoms with Crippen molar-refractivity contribution in [2.45, 2.75) is 33.2 Å². The normalized spacial score (nSPS) is 14.3. The third kappa shape index (κ3) is 5.77. The monoisotopic (exact) mass is 511 g/mol. The summed E-state index contributed by atoms with van der Waals surface area (Å²) in [6, 6.07) is 21.4. The van der Waals surface area contributed by atoms with E-state index in [4.69, 9.17) is 14.5 Å². The van der Waals surface area contributed by atoms with Crippen molar-refractivity contribution in [3.63, 3.8) is 0 Å². The molecule has 0 radical (unpaired) electrons. The van der Waals surface area contributed by atoms with E-state index >= 15 is 0 Å². The number of morpholine rings is 1. The maximum absolute atomic E-state index is 12.6. The second-order valence-corrected chi connectivity index (χ2v) is 10.4. The van der Waals surface area contributed by atoms with Gasteiger partial charge in [0.05, 0.1) is 24.4 Å². The minimum atomic E-state index is -0.318. The van der Waals surface area contributed by atoms with Crippen LogP contribution in [0.1, 0.15) is 36.7 Å². The van der Waals surface area contributed by atoms with Crippen LogP contribution < -0.4 is 15.1 Å². The molecule has 1 aliphatic heterocycles. The molecule has 1 aromatic heterocycles. The molecule has 0 unspecified atom stereocenters. The molecule has 0 saturated carbocycles. The van der Waals surface area contributed by atoms with E-state index in [1.54, 1.807) is 18.5 Å². The van der Waals surface area contributed by atoms with Crippen molar-refractivity contribution >= 4 is 28.3 Å². The third-order valence-electron chi connectivity index (χ3n) is 6.21. The molecule has 8 nitrogen and oxygen atoms in total. The van der Waals surface area contributed by atoms with Gasteiger partial charge in [0.25, 0.3) is 5.91 Å². The summed E-state index contributed by atoms with van der Waals surface area (Å²) in [5.74, 6) is 2.02. The number of hydrazine groups is 1. The van der Waals surface area contributed by atoms with Gasteiger partial charge < -0.3 is 14.8 Å². The van der Waals surface area contributed by atoms with E-state index in [9.17, 15) is 4.79 Å². The quantitative estimate of drug-likeness (QED) is 0.359. The van der Waals surface area contributed by atoms with Gasteiger partial charge in [0.2, 0.25) is 0 Å². The highest BCUT2D eigenvalue weighted by molar-refractivity contribution is 5.95. The SMILES string of the molecule is Cc1cc(N(c2ncnc3ccccc23)N2CCOCC2)ccc1Oc1cccc(C(=O)NC(C)(C)C)c1. The molecule has 0 spiro atoms. The summed E-state index contributed by atoms with van der Waals surface area (Å²) in [5, 5.41) is 8.38. The van der Waals surface area contributed by atoms with Crippen LogP contribution in [0.25, 0.3) is 10.9 Å². The largest absolute Gasteiger partial charge is 0.457 e. The van der Waals surface area contributed by atoms with E-state index in [0.717, 1.165) is 46.8 Å². The van der Waals surface area contributed by atoms with Crippen molar-refractivity contribution in [3.8, 4) is 11.5 Å². The molecule has 0 aliphatic carbocycles. The molecule has 0 atom stereocenters. The van der Waals surface area contributed by atoms with Gasteiger partial charge in [-0.15, -0.1) is 0 Å². The lowest BCUT2D eigenvalue weighted by atomic mass is 10.1. The van der Waals surface area contributed by atoms with Crippen LogP contribution in [0.2, 0.25) is 0 Å². The van der Waals surface area contributed by atoms with Crippen molar-refractivity contribution in [1.82, 2.24) is 20.3 Å². The van der Waals surface area contributed by atoms with Crippen molar-refractivity contribution in [2.24, 2.45) is 0 Å². The highest BCUT2D eigenvalue weighted by Crippen LogP contribution is 2.35. The first kappa shape index (κ1) is 25.6. The second kappa shape index (κ2) is 10.8. The number of para-hydroxylation sites is 1. The fraction of sp³-hybridized carbons (Fsp3) is 0.300. The lowest BCUT2D eigenvalue weighted by molar-refractivity contribution is 0.0376. The van der Waals surface area contributed by atoms with Crippen LogP contribution in [0.15, 0.2) is 73.1 Å². The standard InChI is InChI=1S/C30H33N5O3/c1-21-18-23(12-13-27(21)38-24-9-7-8-22(19-24)29(36)33-30(2,3)4)35(34-14-16-37-17-15-34)28-25-10-5-6-11-26(25)31-20-32-28/h5-13,18-20H,14-17H2,1-4H3,(H,33,36). The summed E-state index contributed by atoms with van der Waals surface area (Å²) < 4.78 is 11.9. The first-order chi connectivity index (χ1) is 18.3. The molecule has 4 aromatic rings. The van der Waals surface area contributed by atoms with Gasteiger partial charge in [-0.1, -0.05) is 18.2 Å². The van der Waals surface area contributed by atoms with Crippen LogP contribution >= 0.6 is 0 Å². The molecule has 1 saturated heterocycles. The van der Waals surface area contributed by atoms with E-state index in [2.05, 4.69) is 26.4 Å². The van der Waals surface area contributed by atoms with E-state index in [1.165, 1.54) is 0 Å². The molecule has 0 bridgehead atoms. The van der Waals surface area contributed by atoms with Gasteiger partial charge in [-0.2, -0.15) is 0 Å². The summed E-state index contributed by atoms with van der Waals surface area (Å²) in [6.45, 7) is 10.7. The first-order valence-corrected chi connectivity index (χ1v) is 12.8. The Kier molecular flexibility index (Phi) is 7.26. The van der Waals surface area contributed by atoms with Crippen molar-refractivity contribution < 1.29 is 14.3 Å². The van der Waals surface area contributed by atoms with Crippen molar-refractivity contribution in [1.29, 1.82) is 0 Å². The number of ether oxygens (including phenoxy) is 2. The number of fused-ring (bicyclic) bond motifs is 1. The van der Waals surface area contributed by atoms with Gasteiger partial charge in [0.15, 0.2) is 5.82 Å². The van der Waals surface area contributed by atoms with Gasteiger partial charge in [-0.25, -0.2) is 15.0 Å². The predicted octanol–water partition coefficient (Wildman–Crippen LogP) is 5.64. The number of amides is 1. The van der Waals surface area contributed by atoms with Gasteiger partial charge >= 0.3 is 0 Å². The van der Waals surface area contributed by atoms with Gasteiger partial charge in [0, 0.05) is 29.6 Å². The summed E-state index contributed by atoms with van der Waals surface area (Å²) in [6.07, 6.45) is 1.61. The Hall–Kier alpha value is -4.01. The molecular weight excluding hydrogens is 478 g/mol. The number of aromatic nitrogens is 2. The number of aryl methyl sites for hydroxylation is 1. The summed E-state index contributed by atoms with van der Waals surface area (Å²) in [5.41, 5.74) is 3.06. The lowest BCUT2D eigenvalue weighted by Crippen LogP contribution is -2.47.